The Bertz CT molecular complexity index is 677. The summed E-state index contributed by atoms with van der Waals surface area (Å²) in [5.41, 5.74) is 0. The molecule has 1 N–H and O–H groups in total. The molecule has 1 atom stereocenters. The van der Waals surface area contributed by atoms with Crippen molar-refractivity contribution in [3.05, 3.63) is 12.2 Å². The molecule has 0 aliphatic heterocycles. The van der Waals surface area contributed by atoms with Gasteiger partial charge < -0.3 is 14.6 Å². The molecule has 4 nitrogen and oxygen atoms in total. The highest BCUT2D eigenvalue weighted by atomic mass is 16.6. The van der Waals surface area contributed by atoms with Gasteiger partial charge in [-0.25, -0.2) is 0 Å². The fourth-order valence-corrected chi connectivity index (χ4v) is 7.09. The fraction of sp³-hybridized carbons (Fsp3) is 0.936. The Balaban J connectivity index is 3.36. The molecule has 0 spiro atoms. The Labute approximate surface area is 320 Å². The van der Waals surface area contributed by atoms with Gasteiger partial charge >= 0.3 is 5.97 Å². The van der Waals surface area contributed by atoms with Crippen LogP contribution in [0.15, 0.2) is 12.2 Å². The predicted molar refractivity (Wildman–Crippen MR) is 224 cm³/mol. The van der Waals surface area contributed by atoms with Gasteiger partial charge in [0.15, 0.2) is 0 Å². The van der Waals surface area contributed by atoms with Crippen molar-refractivity contribution in [3.8, 4) is 0 Å². The van der Waals surface area contributed by atoms with E-state index in [4.69, 9.17) is 9.47 Å². The second-order valence-corrected chi connectivity index (χ2v) is 15.8. The minimum Gasteiger partial charge on any atom is -0.457 e. The highest BCUT2D eigenvalue weighted by Gasteiger charge is 2.13. The van der Waals surface area contributed by atoms with E-state index in [9.17, 15) is 9.90 Å². The van der Waals surface area contributed by atoms with E-state index in [0.29, 0.717) is 19.6 Å². The molecule has 1 unspecified atom stereocenters. The van der Waals surface area contributed by atoms with Gasteiger partial charge in [-0.1, -0.05) is 225 Å². The number of hydrogen-bond acceptors (Lipinski definition) is 4. The van der Waals surface area contributed by atoms with Crippen LogP contribution in [0.5, 0.6) is 0 Å². The normalized spacial score (nSPS) is 12.3. The predicted octanol–water partition coefficient (Wildman–Crippen LogP) is 15.3. The second-order valence-electron chi connectivity index (χ2n) is 15.8. The minimum absolute atomic E-state index is 0.168. The molecule has 0 fully saturated rings. The topological polar surface area (TPSA) is 55.8 Å². The van der Waals surface area contributed by atoms with Crippen molar-refractivity contribution in [2.45, 2.75) is 264 Å². The molecule has 0 aromatic rings. The van der Waals surface area contributed by atoms with Gasteiger partial charge in [0.1, 0.15) is 6.10 Å². The Morgan fingerprint density at radius 2 is 0.765 bits per heavy atom. The number of rotatable bonds is 44. The van der Waals surface area contributed by atoms with Crippen LogP contribution in [0, 0.1) is 0 Å². The number of esters is 1. The van der Waals surface area contributed by atoms with E-state index in [1.807, 2.05) is 0 Å². The average molecular weight is 721 g/mol. The van der Waals surface area contributed by atoms with Gasteiger partial charge in [-0.2, -0.15) is 0 Å². The van der Waals surface area contributed by atoms with E-state index in [1.54, 1.807) is 0 Å². The van der Waals surface area contributed by atoms with Crippen molar-refractivity contribution in [1.82, 2.24) is 0 Å². The highest BCUT2D eigenvalue weighted by Crippen LogP contribution is 2.16. The first-order valence-electron chi connectivity index (χ1n) is 23.3. The van der Waals surface area contributed by atoms with Crippen molar-refractivity contribution >= 4 is 5.97 Å². The van der Waals surface area contributed by atoms with Gasteiger partial charge in [-0.15, -0.1) is 0 Å². The average Bonchev–Trinajstić information content (AvgIpc) is 3.14. The first kappa shape index (κ1) is 50.1. The first-order valence-corrected chi connectivity index (χ1v) is 23.3. The summed E-state index contributed by atoms with van der Waals surface area (Å²) in [7, 11) is 0. The number of aliphatic hydroxyl groups excluding tert-OH is 1. The largest absolute Gasteiger partial charge is 0.457 e. The Hall–Kier alpha value is -0.870. The number of carbonyl (C=O) groups excluding carboxylic acids is 1. The van der Waals surface area contributed by atoms with E-state index in [-0.39, 0.29) is 12.6 Å². The molecule has 0 saturated carbocycles. The van der Waals surface area contributed by atoms with Crippen molar-refractivity contribution in [3.63, 3.8) is 0 Å². The second kappa shape index (κ2) is 45.3. The maximum Gasteiger partial charge on any atom is 0.306 e. The number of carbonyl (C=O) groups is 1. The molecule has 4 heteroatoms. The molecule has 0 rings (SSSR count). The molecule has 0 heterocycles. The van der Waals surface area contributed by atoms with Gasteiger partial charge in [0.25, 0.3) is 0 Å². The third-order valence-electron chi connectivity index (χ3n) is 10.6. The molecule has 0 radical (unpaired) electrons. The van der Waals surface area contributed by atoms with Crippen LogP contribution < -0.4 is 0 Å². The van der Waals surface area contributed by atoms with Gasteiger partial charge in [-0.05, 0) is 38.5 Å². The molecule has 0 saturated heterocycles. The summed E-state index contributed by atoms with van der Waals surface area (Å²) in [5, 5.41) is 9.62. The lowest BCUT2D eigenvalue weighted by Crippen LogP contribution is -2.27. The Kier molecular flexibility index (Phi) is 44.5. The SMILES string of the molecule is CCCCCCCCC/C=C\CCCCCCCCOCC(CO)OC(=O)CCCCCCCCCCCCCCCCCCCCCCCC. The van der Waals surface area contributed by atoms with Gasteiger partial charge in [0.2, 0.25) is 0 Å². The zero-order valence-corrected chi connectivity index (χ0v) is 34.9. The van der Waals surface area contributed by atoms with Crippen molar-refractivity contribution in [2.75, 3.05) is 19.8 Å². The zero-order valence-electron chi connectivity index (χ0n) is 34.9. The van der Waals surface area contributed by atoms with Crippen molar-refractivity contribution in [1.29, 1.82) is 0 Å². The van der Waals surface area contributed by atoms with Crippen LogP contribution in [0.3, 0.4) is 0 Å². The van der Waals surface area contributed by atoms with Crippen LogP contribution in [0.4, 0.5) is 0 Å². The zero-order chi connectivity index (χ0) is 37.0. The van der Waals surface area contributed by atoms with Crippen LogP contribution in [0.25, 0.3) is 0 Å². The molecule has 51 heavy (non-hydrogen) atoms. The van der Waals surface area contributed by atoms with Crippen LogP contribution in [0.1, 0.15) is 258 Å². The summed E-state index contributed by atoms with van der Waals surface area (Å²) < 4.78 is 11.2. The maximum absolute atomic E-state index is 12.2. The van der Waals surface area contributed by atoms with Crippen molar-refractivity contribution in [2.24, 2.45) is 0 Å². The van der Waals surface area contributed by atoms with Crippen LogP contribution >= 0.6 is 0 Å². The summed E-state index contributed by atoms with van der Waals surface area (Å²) in [6, 6.07) is 0. The van der Waals surface area contributed by atoms with Gasteiger partial charge in [0.05, 0.1) is 13.2 Å². The standard InChI is InChI=1S/C47H92O4/c1-3-5-7-9-11-13-15-17-19-21-22-23-24-25-26-28-30-32-34-36-38-40-42-47(49)51-46(44-48)45-50-43-41-39-37-35-33-31-29-27-20-18-16-14-12-10-8-6-4-2/h20,27,46,48H,3-19,21-26,28-45H2,1-2H3/b27-20-. The lowest BCUT2D eigenvalue weighted by atomic mass is 10.0. The minimum atomic E-state index is -0.531. The summed E-state index contributed by atoms with van der Waals surface area (Å²) in [4.78, 5) is 12.2. The van der Waals surface area contributed by atoms with Crippen LogP contribution in [-0.2, 0) is 14.3 Å². The molecule has 0 aliphatic rings. The summed E-state index contributed by atoms with van der Waals surface area (Å²) in [6.45, 7) is 5.38. The lowest BCUT2D eigenvalue weighted by Gasteiger charge is -2.15. The van der Waals surface area contributed by atoms with E-state index in [0.717, 1.165) is 19.3 Å². The first-order chi connectivity index (χ1) is 25.2. The molecule has 0 aromatic carbocycles. The molecule has 304 valence electrons. The lowest BCUT2D eigenvalue weighted by molar-refractivity contribution is -0.154. The van der Waals surface area contributed by atoms with E-state index < -0.39 is 6.10 Å². The van der Waals surface area contributed by atoms with Crippen LogP contribution in [0.2, 0.25) is 0 Å². The smallest absolute Gasteiger partial charge is 0.306 e. The van der Waals surface area contributed by atoms with Gasteiger partial charge in [0, 0.05) is 13.0 Å². The molecular formula is C47H92O4. The molecule has 0 aromatic heterocycles. The molecular weight excluding hydrogens is 629 g/mol. The summed E-state index contributed by atoms with van der Waals surface area (Å²) in [5.74, 6) is -0.196. The summed E-state index contributed by atoms with van der Waals surface area (Å²) in [6.07, 6.45) is 54.3. The third-order valence-corrected chi connectivity index (χ3v) is 10.6. The number of hydrogen-bond donors (Lipinski definition) is 1. The number of allylic oxidation sites excluding steroid dienone is 2. The Morgan fingerprint density at radius 1 is 0.451 bits per heavy atom. The van der Waals surface area contributed by atoms with Gasteiger partial charge in [-0.3, -0.25) is 4.79 Å². The van der Waals surface area contributed by atoms with Crippen LogP contribution in [-0.4, -0.2) is 37.0 Å². The highest BCUT2D eigenvalue weighted by molar-refractivity contribution is 5.69. The third kappa shape index (κ3) is 43.4. The van der Waals surface area contributed by atoms with E-state index in [2.05, 4.69) is 26.0 Å². The summed E-state index contributed by atoms with van der Waals surface area (Å²) >= 11 is 0. The fourth-order valence-electron chi connectivity index (χ4n) is 7.09. The van der Waals surface area contributed by atoms with Crippen molar-refractivity contribution < 1.29 is 19.4 Å². The number of ether oxygens (including phenoxy) is 2. The molecule has 0 bridgehead atoms. The van der Waals surface area contributed by atoms with E-state index in [1.165, 1.54) is 218 Å². The molecule has 0 aliphatic carbocycles. The molecule has 0 amide bonds. The monoisotopic (exact) mass is 721 g/mol. The quantitative estimate of drug-likeness (QED) is 0.0387. The maximum atomic E-state index is 12.2. The Morgan fingerprint density at radius 3 is 1.12 bits per heavy atom. The van der Waals surface area contributed by atoms with E-state index >= 15 is 0 Å². The number of unbranched alkanes of at least 4 members (excludes halogenated alkanes) is 34. The number of aliphatic hydroxyl groups is 1.